The van der Waals surface area contributed by atoms with Gasteiger partial charge in [0.1, 0.15) is 0 Å². The summed E-state index contributed by atoms with van der Waals surface area (Å²) in [5.41, 5.74) is 0. The number of hydrogen-bond acceptors (Lipinski definition) is 4. The standard InChI is InChI=1S/C17H37N5O.HI/c1-6-15(7-2)16(21(4)5)14-20-17(18-3)19-8-9-22-10-12-23-13-11-22;/h15-16H,6-14H2,1-5H3,(H2,18,19,20);1H. The number of aliphatic imine (C=N–C) groups is 1. The Labute approximate surface area is 165 Å². The van der Waals surface area contributed by atoms with Crippen LogP contribution in [0.5, 0.6) is 0 Å². The van der Waals surface area contributed by atoms with Crippen molar-refractivity contribution < 1.29 is 4.74 Å². The van der Waals surface area contributed by atoms with E-state index in [1.165, 1.54) is 12.8 Å². The summed E-state index contributed by atoms with van der Waals surface area (Å²) in [6, 6.07) is 0.530. The fraction of sp³-hybridized carbons (Fsp3) is 0.941. The molecule has 1 aliphatic rings. The van der Waals surface area contributed by atoms with Crippen LogP contribution in [0.25, 0.3) is 0 Å². The Balaban J connectivity index is 0.00000529. The third kappa shape index (κ3) is 8.82. The summed E-state index contributed by atoms with van der Waals surface area (Å²) in [4.78, 5) is 9.10. The van der Waals surface area contributed by atoms with Crippen LogP contribution in [-0.2, 0) is 4.74 Å². The van der Waals surface area contributed by atoms with Crippen LogP contribution in [0.2, 0.25) is 0 Å². The summed E-state index contributed by atoms with van der Waals surface area (Å²) in [7, 11) is 6.17. The maximum Gasteiger partial charge on any atom is 0.191 e. The second-order valence-corrected chi connectivity index (χ2v) is 6.44. The Morgan fingerprint density at radius 3 is 2.29 bits per heavy atom. The summed E-state index contributed by atoms with van der Waals surface area (Å²) in [6.07, 6.45) is 2.42. The molecule has 0 saturated carbocycles. The van der Waals surface area contributed by atoms with Gasteiger partial charge < -0.3 is 20.3 Å². The Morgan fingerprint density at radius 1 is 1.17 bits per heavy atom. The van der Waals surface area contributed by atoms with E-state index in [1.54, 1.807) is 0 Å². The Hall–Kier alpha value is -0.120. The molecule has 0 bridgehead atoms. The average molecular weight is 455 g/mol. The first kappa shape index (κ1) is 23.9. The zero-order valence-corrected chi connectivity index (χ0v) is 18.5. The van der Waals surface area contributed by atoms with Gasteiger partial charge in [-0.05, 0) is 20.0 Å². The molecule has 0 aromatic rings. The minimum Gasteiger partial charge on any atom is -0.379 e. The van der Waals surface area contributed by atoms with E-state index in [9.17, 15) is 0 Å². The Kier molecular flexibility index (Phi) is 14.0. The van der Waals surface area contributed by atoms with Crippen molar-refractivity contribution in [1.82, 2.24) is 20.4 Å². The van der Waals surface area contributed by atoms with Crippen molar-refractivity contribution in [1.29, 1.82) is 0 Å². The monoisotopic (exact) mass is 455 g/mol. The largest absolute Gasteiger partial charge is 0.379 e. The van der Waals surface area contributed by atoms with Crippen LogP contribution in [-0.4, -0.2) is 88.9 Å². The van der Waals surface area contributed by atoms with E-state index in [-0.39, 0.29) is 24.0 Å². The highest BCUT2D eigenvalue weighted by molar-refractivity contribution is 14.0. The van der Waals surface area contributed by atoms with Crippen LogP contribution in [0.15, 0.2) is 4.99 Å². The molecule has 0 aromatic carbocycles. The van der Waals surface area contributed by atoms with Crippen molar-refractivity contribution in [2.75, 3.05) is 67.1 Å². The molecule has 1 unspecified atom stereocenters. The number of hydrogen-bond donors (Lipinski definition) is 2. The number of ether oxygens (including phenoxy) is 1. The molecule has 1 atom stereocenters. The predicted octanol–water partition coefficient (Wildman–Crippen LogP) is 1.47. The number of nitrogens with zero attached hydrogens (tertiary/aromatic N) is 3. The van der Waals surface area contributed by atoms with E-state index < -0.39 is 0 Å². The molecule has 0 spiro atoms. The third-order valence-corrected chi connectivity index (χ3v) is 4.78. The molecule has 7 heteroatoms. The highest BCUT2D eigenvalue weighted by Crippen LogP contribution is 2.16. The average Bonchev–Trinajstić information content (AvgIpc) is 2.57. The number of nitrogens with one attached hydrogen (secondary N) is 2. The third-order valence-electron chi connectivity index (χ3n) is 4.78. The number of halogens is 1. The van der Waals surface area contributed by atoms with Crippen LogP contribution in [0.1, 0.15) is 26.7 Å². The maximum atomic E-state index is 5.38. The van der Waals surface area contributed by atoms with E-state index in [1.807, 2.05) is 7.05 Å². The molecular formula is C17H38IN5O. The van der Waals surface area contributed by atoms with Crippen LogP contribution in [0.3, 0.4) is 0 Å². The highest BCUT2D eigenvalue weighted by atomic mass is 127. The molecule has 2 N–H and O–H groups in total. The number of likely N-dealkylation sites (N-methyl/N-ethyl adjacent to an activating group) is 1. The maximum absolute atomic E-state index is 5.38. The van der Waals surface area contributed by atoms with Crippen molar-refractivity contribution in [2.24, 2.45) is 10.9 Å². The van der Waals surface area contributed by atoms with Gasteiger partial charge in [-0.2, -0.15) is 0 Å². The zero-order valence-electron chi connectivity index (χ0n) is 16.2. The number of rotatable bonds is 9. The van der Waals surface area contributed by atoms with E-state index in [4.69, 9.17) is 4.74 Å². The first-order valence-corrected chi connectivity index (χ1v) is 9.03. The normalized spacial score (nSPS) is 17.7. The lowest BCUT2D eigenvalue weighted by Gasteiger charge is -2.32. The molecule has 1 aliphatic heterocycles. The Morgan fingerprint density at radius 2 is 1.79 bits per heavy atom. The van der Waals surface area contributed by atoms with Gasteiger partial charge in [0.2, 0.25) is 0 Å². The minimum atomic E-state index is 0. The molecule has 0 aromatic heterocycles. The van der Waals surface area contributed by atoms with Gasteiger partial charge in [-0.1, -0.05) is 26.7 Å². The van der Waals surface area contributed by atoms with Gasteiger partial charge in [0.05, 0.1) is 13.2 Å². The van der Waals surface area contributed by atoms with Gasteiger partial charge in [0, 0.05) is 45.8 Å². The van der Waals surface area contributed by atoms with Gasteiger partial charge in [-0.3, -0.25) is 9.89 Å². The van der Waals surface area contributed by atoms with Crippen LogP contribution in [0, 0.1) is 5.92 Å². The second kappa shape index (κ2) is 14.1. The van der Waals surface area contributed by atoms with Crippen molar-refractivity contribution in [3.8, 4) is 0 Å². The van der Waals surface area contributed by atoms with Gasteiger partial charge in [0.25, 0.3) is 0 Å². The molecule has 1 saturated heterocycles. The van der Waals surface area contributed by atoms with E-state index in [0.29, 0.717) is 12.0 Å². The number of guanidine groups is 1. The lowest BCUT2D eigenvalue weighted by atomic mass is 9.93. The van der Waals surface area contributed by atoms with Gasteiger partial charge in [-0.15, -0.1) is 24.0 Å². The van der Waals surface area contributed by atoms with Crippen molar-refractivity contribution in [3.05, 3.63) is 0 Å². The zero-order chi connectivity index (χ0) is 17.1. The lowest BCUT2D eigenvalue weighted by Crippen LogP contribution is -2.49. The smallest absolute Gasteiger partial charge is 0.191 e. The van der Waals surface area contributed by atoms with Gasteiger partial charge >= 0.3 is 0 Å². The van der Waals surface area contributed by atoms with E-state index in [2.05, 4.69) is 53.4 Å². The molecule has 0 amide bonds. The quantitative estimate of drug-likeness (QED) is 0.313. The van der Waals surface area contributed by atoms with Crippen molar-refractivity contribution in [2.45, 2.75) is 32.7 Å². The Bertz CT molecular complexity index is 331. The minimum absolute atomic E-state index is 0. The predicted molar refractivity (Wildman–Crippen MR) is 114 cm³/mol. The van der Waals surface area contributed by atoms with Crippen LogP contribution in [0.4, 0.5) is 0 Å². The summed E-state index contributed by atoms with van der Waals surface area (Å²) in [5, 5.41) is 6.92. The lowest BCUT2D eigenvalue weighted by molar-refractivity contribution is 0.0389. The molecule has 0 aliphatic carbocycles. The topological polar surface area (TPSA) is 52.1 Å². The molecule has 1 fully saturated rings. The first-order chi connectivity index (χ1) is 11.1. The molecule has 1 rings (SSSR count). The fourth-order valence-corrected chi connectivity index (χ4v) is 3.18. The molecule has 144 valence electrons. The van der Waals surface area contributed by atoms with E-state index in [0.717, 1.165) is 51.9 Å². The summed E-state index contributed by atoms with van der Waals surface area (Å²) >= 11 is 0. The first-order valence-electron chi connectivity index (χ1n) is 9.03. The van der Waals surface area contributed by atoms with E-state index >= 15 is 0 Å². The van der Waals surface area contributed by atoms with Crippen molar-refractivity contribution >= 4 is 29.9 Å². The highest BCUT2D eigenvalue weighted by Gasteiger charge is 2.20. The summed E-state index contributed by atoms with van der Waals surface area (Å²) < 4.78 is 5.38. The van der Waals surface area contributed by atoms with Crippen LogP contribution < -0.4 is 10.6 Å². The molecular weight excluding hydrogens is 417 g/mol. The molecule has 0 radical (unpaired) electrons. The molecule has 1 heterocycles. The fourth-order valence-electron chi connectivity index (χ4n) is 3.18. The van der Waals surface area contributed by atoms with Gasteiger partial charge in [-0.25, -0.2) is 0 Å². The van der Waals surface area contributed by atoms with Crippen molar-refractivity contribution in [3.63, 3.8) is 0 Å². The number of morpholine rings is 1. The summed E-state index contributed by atoms with van der Waals surface area (Å²) in [5.74, 6) is 1.61. The van der Waals surface area contributed by atoms with Crippen LogP contribution >= 0.6 is 24.0 Å². The molecule has 6 nitrogen and oxygen atoms in total. The second-order valence-electron chi connectivity index (χ2n) is 6.44. The van der Waals surface area contributed by atoms with Gasteiger partial charge in [0.15, 0.2) is 5.96 Å². The SMILES string of the molecule is CCC(CC)C(CNC(=NC)NCCN1CCOCC1)N(C)C.I. The summed E-state index contributed by atoms with van der Waals surface area (Å²) in [6.45, 7) is 11.2. The molecule has 24 heavy (non-hydrogen) atoms.